The molecule has 1 amide bonds. The van der Waals surface area contributed by atoms with Crippen molar-refractivity contribution in [1.82, 2.24) is 10.6 Å². The van der Waals surface area contributed by atoms with Gasteiger partial charge in [0.2, 0.25) is 0 Å². The van der Waals surface area contributed by atoms with E-state index in [1.807, 2.05) is 20.8 Å². The van der Waals surface area contributed by atoms with Gasteiger partial charge in [-0.2, -0.15) is 0 Å². The van der Waals surface area contributed by atoms with Crippen LogP contribution in [0.2, 0.25) is 0 Å². The number of rotatable bonds is 3. The smallest absolute Gasteiger partial charge is 0.407 e. The van der Waals surface area contributed by atoms with Crippen LogP contribution in [0.5, 0.6) is 0 Å². The zero-order valence-electron chi connectivity index (χ0n) is 14.3. The van der Waals surface area contributed by atoms with Crippen LogP contribution in [-0.2, 0) is 4.74 Å². The predicted molar refractivity (Wildman–Crippen MR) is 85.4 cm³/mol. The van der Waals surface area contributed by atoms with Gasteiger partial charge in [0.25, 0.3) is 0 Å². The van der Waals surface area contributed by atoms with Crippen LogP contribution in [0.15, 0.2) is 0 Å². The van der Waals surface area contributed by atoms with E-state index in [1.54, 1.807) is 0 Å². The molecule has 0 heterocycles. The van der Waals surface area contributed by atoms with Gasteiger partial charge in [0.1, 0.15) is 5.60 Å². The molecule has 0 aliphatic heterocycles. The van der Waals surface area contributed by atoms with Crippen molar-refractivity contribution in [1.29, 1.82) is 0 Å². The minimum Gasteiger partial charge on any atom is -0.444 e. The molecular formula is C17H32N2O2. The number of hydrogen-bond acceptors (Lipinski definition) is 3. The average Bonchev–Trinajstić information content (AvgIpc) is 2.25. The first kappa shape index (κ1) is 16.6. The van der Waals surface area contributed by atoms with Crippen molar-refractivity contribution in [2.75, 3.05) is 0 Å². The van der Waals surface area contributed by atoms with Crippen LogP contribution in [0.25, 0.3) is 0 Å². The highest BCUT2D eigenvalue weighted by Crippen LogP contribution is 2.37. The van der Waals surface area contributed by atoms with Crippen LogP contribution in [0.1, 0.15) is 73.1 Å². The molecule has 2 rings (SSSR count). The van der Waals surface area contributed by atoms with E-state index in [9.17, 15) is 4.79 Å². The zero-order valence-corrected chi connectivity index (χ0v) is 14.3. The molecular weight excluding hydrogens is 264 g/mol. The summed E-state index contributed by atoms with van der Waals surface area (Å²) in [7, 11) is 0. The molecule has 2 saturated carbocycles. The third-order valence-corrected chi connectivity index (χ3v) is 4.80. The summed E-state index contributed by atoms with van der Waals surface area (Å²) in [6, 6.07) is 1.44. The number of ether oxygens (including phenoxy) is 1. The Morgan fingerprint density at radius 3 is 2.38 bits per heavy atom. The second-order valence-corrected chi connectivity index (χ2v) is 8.47. The van der Waals surface area contributed by atoms with Crippen LogP contribution in [0.3, 0.4) is 0 Å². The van der Waals surface area contributed by atoms with Crippen molar-refractivity contribution in [2.45, 2.75) is 96.9 Å². The summed E-state index contributed by atoms with van der Waals surface area (Å²) < 4.78 is 5.29. The highest BCUT2D eigenvalue weighted by Gasteiger charge is 2.38. The fraction of sp³-hybridized carbons (Fsp3) is 0.941. The van der Waals surface area contributed by atoms with Gasteiger partial charge < -0.3 is 15.4 Å². The molecule has 0 bridgehead atoms. The molecule has 0 aromatic rings. The van der Waals surface area contributed by atoms with Gasteiger partial charge in [0.15, 0.2) is 0 Å². The van der Waals surface area contributed by atoms with E-state index in [-0.39, 0.29) is 12.1 Å². The molecule has 0 radical (unpaired) electrons. The van der Waals surface area contributed by atoms with Gasteiger partial charge in [-0.15, -0.1) is 0 Å². The molecule has 122 valence electrons. The number of nitrogens with one attached hydrogen (secondary N) is 2. The molecule has 21 heavy (non-hydrogen) atoms. The van der Waals surface area contributed by atoms with Crippen LogP contribution in [-0.4, -0.2) is 29.8 Å². The quantitative estimate of drug-likeness (QED) is 0.836. The minimum absolute atomic E-state index is 0.268. The van der Waals surface area contributed by atoms with Gasteiger partial charge in [0.05, 0.1) is 0 Å². The highest BCUT2D eigenvalue weighted by molar-refractivity contribution is 5.68. The molecule has 0 spiro atoms. The van der Waals surface area contributed by atoms with E-state index in [1.165, 1.54) is 25.7 Å². The first-order valence-corrected chi connectivity index (χ1v) is 8.41. The van der Waals surface area contributed by atoms with Gasteiger partial charge in [-0.3, -0.25) is 0 Å². The molecule has 0 aromatic heterocycles. The fourth-order valence-electron chi connectivity index (χ4n) is 3.43. The van der Waals surface area contributed by atoms with Crippen molar-refractivity contribution in [3.05, 3.63) is 0 Å². The van der Waals surface area contributed by atoms with Gasteiger partial charge in [-0.25, -0.2) is 4.79 Å². The van der Waals surface area contributed by atoms with Gasteiger partial charge in [0, 0.05) is 18.1 Å². The van der Waals surface area contributed by atoms with Gasteiger partial charge in [-0.1, -0.05) is 26.7 Å². The lowest BCUT2D eigenvalue weighted by atomic mass is 9.72. The molecule has 1 atom stereocenters. The molecule has 4 heteroatoms. The maximum absolute atomic E-state index is 11.7. The summed E-state index contributed by atoms with van der Waals surface area (Å²) >= 11 is 0. The van der Waals surface area contributed by atoms with E-state index in [0.29, 0.717) is 17.5 Å². The molecule has 1 unspecified atom stereocenters. The highest BCUT2D eigenvalue weighted by atomic mass is 16.6. The molecule has 0 saturated heterocycles. The molecule has 2 fully saturated rings. The van der Waals surface area contributed by atoms with E-state index < -0.39 is 5.60 Å². The van der Waals surface area contributed by atoms with Crippen molar-refractivity contribution < 1.29 is 9.53 Å². The van der Waals surface area contributed by atoms with E-state index in [0.717, 1.165) is 12.8 Å². The third kappa shape index (κ3) is 4.87. The second kappa shape index (κ2) is 6.15. The van der Waals surface area contributed by atoms with Crippen LogP contribution < -0.4 is 10.6 Å². The summed E-state index contributed by atoms with van der Waals surface area (Å²) in [5.41, 5.74) is -0.0144. The Morgan fingerprint density at radius 2 is 1.81 bits per heavy atom. The Hall–Kier alpha value is -0.770. The van der Waals surface area contributed by atoms with Crippen LogP contribution in [0, 0.1) is 5.41 Å². The topological polar surface area (TPSA) is 50.4 Å². The Balaban J connectivity index is 1.68. The molecule has 4 nitrogen and oxygen atoms in total. The lowest BCUT2D eigenvalue weighted by molar-refractivity contribution is 0.0449. The normalized spacial score (nSPS) is 32.1. The van der Waals surface area contributed by atoms with Gasteiger partial charge >= 0.3 is 6.09 Å². The first-order chi connectivity index (χ1) is 9.66. The van der Waals surface area contributed by atoms with Crippen molar-refractivity contribution in [3.8, 4) is 0 Å². The second-order valence-electron chi connectivity index (χ2n) is 8.47. The summed E-state index contributed by atoms with van der Waals surface area (Å²) in [6.07, 6.45) is 7.05. The van der Waals surface area contributed by atoms with Crippen molar-refractivity contribution in [2.24, 2.45) is 5.41 Å². The summed E-state index contributed by atoms with van der Waals surface area (Å²) in [5.74, 6) is 0. The molecule has 2 N–H and O–H groups in total. The lowest BCUT2D eigenvalue weighted by Gasteiger charge is -2.45. The van der Waals surface area contributed by atoms with Crippen LogP contribution in [0.4, 0.5) is 4.79 Å². The lowest BCUT2D eigenvalue weighted by Crippen LogP contribution is -2.58. The van der Waals surface area contributed by atoms with E-state index >= 15 is 0 Å². The number of amides is 1. The number of alkyl carbamates (subject to hydrolysis) is 1. The monoisotopic (exact) mass is 296 g/mol. The standard InChI is InChI=1S/C17H32N2O2/c1-16(2,3)21-15(20)19-13-10-12(11-13)18-14-8-6-7-9-17(14,4)5/h12-14,18H,6-11H2,1-5H3,(H,19,20). The first-order valence-electron chi connectivity index (χ1n) is 8.41. The van der Waals surface area contributed by atoms with E-state index in [4.69, 9.17) is 4.74 Å². The maximum Gasteiger partial charge on any atom is 0.407 e. The Morgan fingerprint density at radius 1 is 1.14 bits per heavy atom. The van der Waals surface area contributed by atoms with Crippen LogP contribution >= 0.6 is 0 Å². The summed E-state index contributed by atoms with van der Waals surface area (Å²) in [6.45, 7) is 10.4. The fourth-order valence-corrected chi connectivity index (χ4v) is 3.43. The third-order valence-electron chi connectivity index (χ3n) is 4.80. The Bertz CT molecular complexity index is 367. The van der Waals surface area contributed by atoms with Crippen molar-refractivity contribution >= 4 is 6.09 Å². The van der Waals surface area contributed by atoms with Crippen molar-refractivity contribution in [3.63, 3.8) is 0 Å². The molecule has 2 aliphatic carbocycles. The van der Waals surface area contributed by atoms with Gasteiger partial charge in [-0.05, 0) is 51.9 Å². The minimum atomic E-state index is -0.419. The summed E-state index contributed by atoms with van der Waals surface area (Å²) in [5, 5.41) is 6.76. The number of carbonyl (C=O) groups excluding carboxylic acids is 1. The molecule has 2 aliphatic rings. The SMILES string of the molecule is CC(C)(C)OC(=O)NC1CC(NC2CCCCC2(C)C)C1. The predicted octanol–water partition coefficient (Wildman–Crippen LogP) is 3.60. The Labute approximate surface area is 129 Å². The Kier molecular flexibility index (Phi) is 4.86. The van der Waals surface area contributed by atoms with E-state index in [2.05, 4.69) is 24.5 Å². The average molecular weight is 296 g/mol. The number of hydrogen-bond donors (Lipinski definition) is 2. The summed E-state index contributed by atoms with van der Waals surface area (Å²) in [4.78, 5) is 11.7. The largest absolute Gasteiger partial charge is 0.444 e. The maximum atomic E-state index is 11.7. The zero-order chi connectivity index (χ0) is 15.7. The number of carbonyl (C=O) groups is 1. The molecule has 0 aromatic carbocycles.